The van der Waals surface area contributed by atoms with Crippen LogP contribution >= 0.6 is 11.8 Å². The summed E-state index contributed by atoms with van der Waals surface area (Å²) in [6, 6.07) is 1.74. The van der Waals surface area contributed by atoms with Crippen LogP contribution < -0.4 is 5.32 Å². The van der Waals surface area contributed by atoms with Crippen molar-refractivity contribution in [1.82, 2.24) is 25.3 Å². The molecule has 1 aliphatic heterocycles. The van der Waals surface area contributed by atoms with Crippen molar-refractivity contribution in [1.29, 1.82) is 0 Å². The molecule has 1 amide bonds. The summed E-state index contributed by atoms with van der Waals surface area (Å²) in [5.74, 6) is 0.523. The van der Waals surface area contributed by atoms with E-state index in [1.165, 1.54) is 18.1 Å². The normalized spacial score (nSPS) is 17.3. The third-order valence-electron chi connectivity index (χ3n) is 2.79. The van der Waals surface area contributed by atoms with E-state index in [1.807, 2.05) is 0 Å². The third kappa shape index (κ3) is 3.40. The molecule has 0 saturated carbocycles. The molecule has 1 aliphatic rings. The summed E-state index contributed by atoms with van der Waals surface area (Å²) in [6.45, 7) is 0.775. The van der Waals surface area contributed by atoms with E-state index in [-0.39, 0.29) is 11.2 Å². The summed E-state index contributed by atoms with van der Waals surface area (Å²) >= 11 is 1.42. The van der Waals surface area contributed by atoms with E-state index in [0.717, 1.165) is 10.6 Å². The van der Waals surface area contributed by atoms with Crippen molar-refractivity contribution in [2.45, 2.75) is 11.8 Å². The molecule has 21 heavy (non-hydrogen) atoms. The lowest BCUT2D eigenvalue weighted by atomic mass is 10.3. The highest BCUT2D eigenvalue weighted by molar-refractivity contribution is 8.15. The molecule has 2 aromatic rings. The van der Waals surface area contributed by atoms with Crippen LogP contribution in [-0.4, -0.2) is 42.7 Å². The molecule has 0 aliphatic carbocycles. The maximum atomic E-state index is 12.1. The molecular weight excluding hydrogens is 288 g/mol. The predicted molar refractivity (Wildman–Crippen MR) is 78.7 cm³/mol. The van der Waals surface area contributed by atoms with E-state index in [9.17, 15) is 4.79 Å². The first kappa shape index (κ1) is 13.6. The highest BCUT2D eigenvalue weighted by Gasteiger charge is 2.27. The Morgan fingerprint density at radius 2 is 2.05 bits per heavy atom. The van der Waals surface area contributed by atoms with Crippen LogP contribution in [0.5, 0.6) is 0 Å². The first-order valence-corrected chi connectivity index (χ1v) is 7.21. The maximum Gasteiger partial charge on any atom is 0.235 e. The van der Waals surface area contributed by atoms with Gasteiger partial charge in [0.05, 0.1) is 13.1 Å². The van der Waals surface area contributed by atoms with Gasteiger partial charge in [-0.3, -0.25) is 9.79 Å². The van der Waals surface area contributed by atoms with Crippen LogP contribution in [0.1, 0.15) is 11.4 Å². The fourth-order valence-corrected chi connectivity index (χ4v) is 2.78. The minimum absolute atomic E-state index is 0.0666. The molecule has 1 N–H and O–H groups in total. The highest BCUT2D eigenvalue weighted by atomic mass is 32.2. The summed E-state index contributed by atoms with van der Waals surface area (Å²) in [7, 11) is 0. The molecule has 3 rings (SSSR count). The van der Waals surface area contributed by atoms with E-state index < -0.39 is 0 Å². The molecular formula is C13H12N6OS. The SMILES string of the molecule is O=C(NCc1ncccn1)[C@@H]1CN=C(c2cncnc2)S1. The molecule has 8 heteroatoms. The number of rotatable bonds is 4. The van der Waals surface area contributed by atoms with Gasteiger partial charge in [-0.15, -0.1) is 0 Å². The number of thioether (sulfide) groups is 1. The second kappa shape index (κ2) is 6.40. The van der Waals surface area contributed by atoms with E-state index in [4.69, 9.17) is 0 Å². The number of amides is 1. The molecule has 3 heterocycles. The Kier molecular flexibility index (Phi) is 4.15. The van der Waals surface area contributed by atoms with Crippen LogP contribution in [0.3, 0.4) is 0 Å². The minimum atomic E-state index is -0.232. The van der Waals surface area contributed by atoms with Crippen molar-refractivity contribution >= 4 is 22.7 Å². The Balaban J connectivity index is 1.54. The number of nitrogens with zero attached hydrogens (tertiary/aromatic N) is 5. The quantitative estimate of drug-likeness (QED) is 0.881. The first-order chi connectivity index (χ1) is 10.3. The Hall–Kier alpha value is -2.35. The first-order valence-electron chi connectivity index (χ1n) is 6.33. The van der Waals surface area contributed by atoms with Gasteiger partial charge in [0.15, 0.2) is 0 Å². The second-order valence-corrected chi connectivity index (χ2v) is 5.45. The van der Waals surface area contributed by atoms with Crippen LogP contribution in [0.15, 0.2) is 42.2 Å². The minimum Gasteiger partial charge on any atom is -0.348 e. The van der Waals surface area contributed by atoms with Gasteiger partial charge in [-0.05, 0) is 6.07 Å². The van der Waals surface area contributed by atoms with Crippen molar-refractivity contribution in [3.05, 3.63) is 48.6 Å². The lowest BCUT2D eigenvalue weighted by Gasteiger charge is -2.08. The average molecular weight is 300 g/mol. The zero-order valence-electron chi connectivity index (χ0n) is 11.0. The number of hydrogen-bond donors (Lipinski definition) is 1. The van der Waals surface area contributed by atoms with Gasteiger partial charge in [0.1, 0.15) is 22.4 Å². The molecule has 0 aromatic carbocycles. The van der Waals surface area contributed by atoms with Crippen LogP contribution in [0, 0.1) is 0 Å². The van der Waals surface area contributed by atoms with Gasteiger partial charge in [0.2, 0.25) is 5.91 Å². The van der Waals surface area contributed by atoms with Gasteiger partial charge in [0, 0.05) is 30.4 Å². The van der Waals surface area contributed by atoms with E-state index in [1.54, 1.807) is 30.9 Å². The molecule has 2 aromatic heterocycles. The van der Waals surface area contributed by atoms with Crippen molar-refractivity contribution in [2.24, 2.45) is 4.99 Å². The van der Waals surface area contributed by atoms with Gasteiger partial charge in [0.25, 0.3) is 0 Å². The predicted octanol–water partition coefficient (Wildman–Crippen LogP) is 0.445. The zero-order chi connectivity index (χ0) is 14.5. The van der Waals surface area contributed by atoms with Crippen molar-refractivity contribution in [3.8, 4) is 0 Å². The van der Waals surface area contributed by atoms with Crippen molar-refractivity contribution in [3.63, 3.8) is 0 Å². The van der Waals surface area contributed by atoms with E-state index in [0.29, 0.717) is 18.9 Å². The molecule has 0 saturated heterocycles. The van der Waals surface area contributed by atoms with Gasteiger partial charge >= 0.3 is 0 Å². The lowest BCUT2D eigenvalue weighted by molar-refractivity contribution is -0.120. The summed E-state index contributed by atoms with van der Waals surface area (Å²) in [5, 5.41) is 3.39. The monoisotopic (exact) mass is 300 g/mol. The van der Waals surface area contributed by atoms with Gasteiger partial charge < -0.3 is 5.32 Å². The Morgan fingerprint density at radius 3 is 2.81 bits per heavy atom. The Labute approximate surface area is 125 Å². The molecule has 0 radical (unpaired) electrons. The summed E-state index contributed by atoms with van der Waals surface area (Å²) < 4.78 is 0. The van der Waals surface area contributed by atoms with Gasteiger partial charge in [-0.25, -0.2) is 19.9 Å². The van der Waals surface area contributed by atoms with E-state index >= 15 is 0 Å². The molecule has 106 valence electrons. The molecule has 7 nitrogen and oxygen atoms in total. The molecule has 0 spiro atoms. The lowest BCUT2D eigenvalue weighted by Crippen LogP contribution is -2.33. The summed E-state index contributed by atoms with van der Waals surface area (Å²) in [4.78, 5) is 32.5. The number of hydrogen-bond acceptors (Lipinski definition) is 7. The third-order valence-corrected chi connectivity index (χ3v) is 4.03. The smallest absolute Gasteiger partial charge is 0.235 e. The zero-order valence-corrected chi connectivity index (χ0v) is 11.8. The largest absolute Gasteiger partial charge is 0.348 e. The molecule has 0 bridgehead atoms. The van der Waals surface area contributed by atoms with Crippen LogP contribution in [-0.2, 0) is 11.3 Å². The summed E-state index contributed by atoms with van der Waals surface area (Å²) in [6.07, 6.45) is 8.15. The van der Waals surface area contributed by atoms with E-state index in [2.05, 4.69) is 30.2 Å². The fraction of sp³-hybridized carbons (Fsp3) is 0.231. The highest BCUT2D eigenvalue weighted by Crippen LogP contribution is 2.25. The number of aliphatic imine (C=N–C) groups is 1. The van der Waals surface area contributed by atoms with Crippen LogP contribution in [0.4, 0.5) is 0 Å². The molecule has 1 atom stereocenters. The van der Waals surface area contributed by atoms with Crippen molar-refractivity contribution < 1.29 is 4.79 Å². The molecule has 0 unspecified atom stereocenters. The number of nitrogens with one attached hydrogen (secondary N) is 1. The number of aromatic nitrogens is 4. The second-order valence-electron chi connectivity index (χ2n) is 4.26. The molecule has 0 fully saturated rings. The number of carbonyl (C=O) groups is 1. The average Bonchev–Trinajstić information content (AvgIpc) is 3.04. The van der Waals surface area contributed by atoms with Crippen LogP contribution in [0.25, 0.3) is 0 Å². The fourth-order valence-electron chi connectivity index (χ4n) is 1.78. The van der Waals surface area contributed by atoms with Crippen LogP contribution in [0.2, 0.25) is 0 Å². The Morgan fingerprint density at radius 1 is 1.29 bits per heavy atom. The topological polar surface area (TPSA) is 93.0 Å². The number of carbonyl (C=O) groups excluding carboxylic acids is 1. The van der Waals surface area contributed by atoms with Gasteiger partial charge in [-0.2, -0.15) is 0 Å². The van der Waals surface area contributed by atoms with Crippen molar-refractivity contribution in [2.75, 3.05) is 6.54 Å². The van der Waals surface area contributed by atoms with Gasteiger partial charge in [-0.1, -0.05) is 11.8 Å². The maximum absolute atomic E-state index is 12.1. The summed E-state index contributed by atoms with van der Waals surface area (Å²) in [5.41, 5.74) is 0.837. The Bertz CT molecular complexity index is 648. The standard InChI is InChI=1S/C13H12N6OS/c20-12(18-7-11-16-2-1-3-17-11)10-6-19-13(21-10)9-4-14-8-15-5-9/h1-5,8,10H,6-7H2,(H,18,20)/t10-/m0/s1.